The van der Waals surface area contributed by atoms with Crippen LogP contribution in [-0.2, 0) is 4.79 Å². The number of carbonyl (C=O) groups is 1. The zero-order valence-corrected chi connectivity index (χ0v) is 9.34. The number of ketones is 1. The predicted molar refractivity (Wildman–Crippen MR) is 60.4 cm³/mol. The van der Waals surface area contributed by atoms with Crippen LogP contribution in [-0.4, -0.2) is 25.9 Å². The SMILES string of the molecule is CNCC(=O)C1C2=C(C=CC1C)CCN2. The Morgan fingerprint density at radius 3 is 3.20 bits per heavy atom. The van der Waals surface area contributed by atoms with Gasteiger partial charge in [0.05, 0.1) is 12.5 Å². The maximum absolute atomic E-state index is 12.0. The van der Waals surface area contributed by atoms with Crippen LogP contribution in [0.3, 0.4) is 0 Å². The lowest BCUT2D eigenvalue weighted by Crippen LogP contribution is -2.35. The fourth-order valence-corrected chi connectivity index (χ4v) is 2.44. The summed E-state index contributed by atoms with van der Waals surface area (Å²) < 4.78 is 0. The summed E-state index contributed by atoms with van der Waals surface area (Å²) in [5.41, 5.74) is 2.49. The average molecular weight is 206 g/mol. The van der Waals surface area contributed by atoms with E-state index >= 15 is 0 Å². The van der Waals surface area contributed by atoms with Gasteiger partial charge in [-0.25, -0.2) is 0 Å². The average Bonchev–Trinajstić information content (AvgIpc) is 2.65. The second-order valence-corrected chi connectivity index (χ2v) is 4.31. The fraction of sp³-hybridized carbons (Fsp3) is 0.583. The van der Waals surface area contributed by atoms with Crippen LogP contribution in [0.25, 0.3) is 0 Å². The number of hydrogen-bond donors (Lipinski definition) is 2. The summed E-state index contributed by atoms with van der Waals surface area (Å²) in [6.45, 7) is 3.55. The molecule has 2 atom stereocenters. The number of allylic oxidation sites excluding steroid dienone is 3. The van der Waals surface area contributed by atoms with Crippen LogP contribution in [0.15, 0.2) is 23.4 Å². The van der Waals surface area contributed by atoms with Gasteiger partial charge in [-0.05, 0) is 25.0 Å². The molecule has 1 aliphatic carbocycles. The first kappa shape index (κ1) is 10.4. The summed E-state index contributed by atoms with van der Waals surface area (Å²) in [6.07, 6.45) is 5.38. The maximum atomic E-state index is 12.0. The van der Waals surface area contributed by atoms with E-state index in [2.05, 4.69) is 29.7 Å². The Labute approximate surface area is 90.6 Å². The van der Waals surface area contributed by atoms with Crippen molar-refractivity contribution in [1.29, 1.82) is 0 Å². The molecule has 3 heteroatoms. The summed E-state index contributed by atoms with van der Waals surface area (Å²) in [5, 5.41) is 6.30. The van der Waals surface area contributed by atoms with E-state index in [0.29, 0.717) is 12.5 Å². The minimum Gasteiger partial charge on any atom is -0.387 e. The highest BCUT2D eigenvalue weighted by Gasteiger charge is 2.32. The third-order valence-electron chi connectivity index (χ3n) is 3.19. The lowest BCUT2D eigenvalue weighted by atomic mass is 9.81. The summed E-state index contributed by atoms with van der Waals surface area (Å²) in [4.78, 5) is 12.0. The second kappa shape index (κ2) is 4.19. The van der Waals surface area contributed by atoms with Crippen molar-refractivity contribution < 1.29 is 4.79 Å². The molecule has 0 bridgehead atoms. The maximum Gasteiger partial charge on any atom is 0.156 e. The van der Waals surface area contributed by atoms with Crippen molar-refractivity contribution in [2.75, 3.05) is 20.1 Å². The topological polar surface area (TPSA) is 41.1 Å². The van der Waals surface area contributed by atoms with Crippen LogP contribution in [0.1, 0.15) is 13.3 Å². The standard InChI is InChI=1S/C12H18N2O/c1-8-3-4-9-5-6-14-12(9)11(8)10(15)7-13-2/h3-4,8,11,13-14H,5-7H2,1-2H3. The summed E-state index contributed by atoms with van der Waals surface area (Å²) in [6, 6.07) is 0. The Morgan fingerprint density at radius 1 is 1.67 bits per heavy atom. The first-order valence-electron chi connectivity index (χ1n) is 5.56. The molecule has 0 fully saturated rings. The number of nitrogens with one attached hydrogen (secondary N) is 2. The lowest BCUT2D eigenvalue weighted by molar-refractivity contribution is -0.121. The number of carbonyl (C=O) groups excluding carboxylic acids is 1. The summed E-state index contributed by atoms with van der Waals surface area (Å²) in [5.74, 6) is 0.645. The molecule has 15 heavy (non-hydrogen) atoms. The molecule has 2 unspecified atom stereocenters. The first-order valence-corrected chi connectivity index (χ1v) is 5.56. The van der Waals surface area contributed by atoms with E-state index in [1.165, 1.54) is 11.3 Å². The molecule has 1 heterocycles. The van der Waals surface area contributed by atoms with Gasteiger partial charge in [0.2, 0.25) is 0 Å². The molecule has 2 N–H and O–H groups in total. The molecule has 0 saturated heterocycles. The highest BCUT2D eigenvalue weighted by Crippen LogP contribution is 2.33. The Bertz CT molecular complexity index is 331. The molecule has 0 saturated carbocycles. The Kier molecular flexibility index (Phi) is 2.91. The quantitative estimate of drug-likeness (QED) is 0.719. The van der Waals surface area contributed by atoms with Gasteiger partial charge in [-0.2, -0.15) is 0 Å². The van der Waals surface area contributed by atoms with Crippen LogP contribution < -0.4 is 10.6 Å². The Morgan fingerprint density at radius 2 is 2.47 bits per heavy atom. The van der Waals surface area contributed by atoms with Crippen LogP contribution >= 0.6 is 0 Å². The fourth-order valence-electron chi connectivity index (χ4n) is 2.44. The highest BCUT2D eigenvalue weighted by atomic mass is 16.1. The summed E-state index contributed by atoms with van der Waals surface area (Å²) >= 11 is 0. The molecule has 2 aliphatic rings. The van der Waals surface area contributed by atoms with E-state index in [9.17, 15) is 4.79 Å². The van der Waals surface area contributed by atoms with Crippen LogP contribution in [0.5, 0.6) is 0 Å². The number of likely N-dealkylation sites (N-methyl/N-ethyl adjacent to an activating group) is 1. The van der Waals surface area contributed by atoms with Crippen molar-refractivity contribution in [1.82, 2.24) is 10.6 Å². The van der Waals surface area contributed by atoms with Gasteiger partial charge in [-0.3, -0.25) is 4.79 Å². The van der Waals surface area contributed by atoms with E-state index in [4.69, 9.17) is 0 Å². The van der Waals surface area contributed by atoms with Gasteiger partial charge in [0.25, 0.3) is 0 Å². The zero-order chi connectivity index (χ0) is 10.8. The van der Waals surface area contributed by atoms with Gasteiger partial charge in [0.15, 0.2) is 5.78 Å². The predicted octanol–water partition coefficient (Wildman–Crippen LogP) is 0.844. The molecule has 2 rings (SSSR count). The number of rotatable bonds is 3. The number of hydrogen-bond acceptors (Lipinski definition) is 3. The van der Waals surface area contributed by atoms with E-state index in [0.717, 1.165) is 13.0 Å². The molecular weight excluding hydrogens is 188 g/mol. The van der Waals surface area contributed by atoms with Gasteiger partial charge < -0.3 is 10.6 Å². The van der Waals surface area contributed by atoms with Crippen LogP contribution in [0, 0.1) is 11.8 Å². The molecule has 82 valence electrons. The lowest BCUT2D eigenvalue weighted by Gasteiger charge is -2.26. The first-order chi connectivity index (χ1) is 7.24. The van der Waals surface area contributed by atoms with Gasteiger partial charge in [0, 0.05) is 12.2 Å². The molecule has 1 aliphatic heterocycles. The molecule has 3 nitrogen and oxygen atoms in total. The molecule has 0 aromatic carbocycles. The Balaban J connectivity index is 2.22. The second-order valence-electron chi connectivity index (χ2n) is 4.31. The van der Waals surface area contributed by atoms with E-state index in [-0.39, 0.29) is 11.7 Å². The molecule has 0 radical (unpaired) electrons. The largest absolute Gasteiger partial charge is 0.387 e. The van der Waals surface area contributed by atoms with E-state index < -0.39 is 0 Å². The Hall–Kier alpha value is -1.09. The minimum absolute atomic E-state index is 0.0416. The third kappa shape index (κ3) is 1.84. The van der Waals surface area contributed by atoms with Gasteiger partial charge in [0.1, 0.15) is 0 Å². The number of Topliss-reactive ketones (excluding diaryl/α,β-unsaturated/α-hetero) is 1. The molecule has 0 aromatic rings. The highest BCUT2D eigenvalue weighted by molar-refractivity contribution is 5.86. The van der Waals surface area contributed by atoms with Gasteiger partial charge >= 0.3 is 0 Å². The van der Waals surface area contributed by atoms with E-state index in [1.807, 2.05) is 7.05 Å². The van der Waals surface area contributed by atoms with Crippen molar-refractivity contribution in [2.45, 2.75) is 13.3 Å². The van der Waals surface area contributed by atoms with Crippen LogP contribution in [0.2, 0.25) is 0 Å². The molecule has 0 spiro atoms. The van der Waals surface area contributed by atoms with Crippen molar-refractivity contribution in [2.24, 2.45) is 11.8 Å². The van der Waals surface area contributed by atoms with E-state index in [1.54, 1.807) is 0 Å². The van der Waals surface area contributed by atoms with Crippen LogP contribution in [0.4, 0.5) is 0 Å². The van der Waals surface area contributed by atoms with Crippen molar-refractivity contribution >= 4 is 5.78 Å². The smallest absolute Gasteiger partial charge is 0.156 e. The minimum atomic E-state index is 0.0416. The normalized spacial score (nSPS) is 28.9. The monoisotopic (exact) mass is 206 g/mol. The van der Waals surface area contributed by atoms with Crippen molar-refractivity contribution in [3.63, 3.8) is 0 Å². The van der Waals surface area contributed by atoms with Crippen molar-refractivity contribution in [3.8, 4) is 0 Å². The zero-order valence-electron chi connectivity index (χ0n) is 9.34. The van der Waals surface area contributed by atoms with Gasteiger partial charge in [-0.15, -0.1) is 0 Å². The molecule has 0 amide bonds. The summed E-state index contributed by atoms with van der Waals surface area (Å²) in [7, 11) is 1.82. The third-order valence-corrected chi connectivity index (χ3v) is 3.19. The molecule has 0 aromatic heterocycles. The molecular formula is C12H18N2O. The van der Waals surface area contributed by atoms with Crippen molar-refractivity contribution in [3.05, 3.63) is 23.4 Å². The van der Waals surface area contributed by atoms with Gasteiger partial charge in [-0.1, -0.05) is 19.1 Å².